The van der Waals surface area contributed by atoms with E-state index in [1.807, 2.05) is 0 Å². The van der Waals surface area contributed by atoms with Crippen LogP contribution in [0.4, 0.5) is 0 Å². The van der Waals surface area contributed by atoms with Gasteiger partial charge in [-0.05, 0) is 39.0 Å². The van der Waals surface area contributed by atoms with Crippen LogP contribution in [-0.2, 0) is 9.47 Å². The van der Waals surface area contributed by atoms with Crippen molar-refractivity contribution in [3.63, 3.8) is 0 Å². The third kappa shape index (κ3) is 3.44. The van der Waals surface area contributed by atoms with Crippen molar-refractivity contribution < 1.29 is 14.6 Å². The van der Waals surface area contributed by atoms with Crippen molar-refractivity contribution in [3.05, 3.63) is 0 Å². The summed E-state index contributed by atoms with van der Waals surface area (Å²) in [5.41, 5.74) is -0.151. The second kappa shape index (κ2) is 6.33. The van der Waals surface area contributed by atoms with Gasteiger partial charge in [-0.2, -0.15) is 0 Å². The third-order valence-electron chi connectivity index (χ3n) is 4.54. The number of aliphatic hydroxyl groups is 1. The van der Waals surface area contributed by atoms with Crippen molar-refractivity contribution in [2.45, 2.75) is 44.8 Å². The zero-order valence-electron chi connectivity index (χ0n) is 11.7. The Morgan fingerprint density at radius 1 is 1.11 bits per heavy atom. The highest BCUT2D eigenvalue weighted by Gasteiger charge is 2.36. The van der Waals surface area contributed by atoms with Crippen LogP contribution in [0.15, 0.2) is 0 Å². The van der Waals surface area contributed by atoms with Gasteiger partial charge in [0.05, 0.1) is 19.3 Å². The molecule has 2 aliphatic heterocycles. The summed E-state index contributed by atoms with van der Waals surface area (Å²) in [6, 6.07) is 0. The van der Waals surface area contributed by atoms with E-state index < -0.39 is 0 Å². The van der Waals surface area contributed by atoms with Gasteiger partial charge in [0.25, 0.3) is 0 Å². The lowest BCUT2D eigenvalue weighted by atomic mass is 9.84. The molecule has 0 aromatic rings. The lowest BCUT2D eigenvalue weighted by Crippen LogP contribution is -2.56. The predicted molar refractivity (Wildman–Crippen MR) is 70.6 cm³/mol. The minimum absolute atomic E-state index is 0.151. The van der Waals surface area contributed by atoms with Crippen LogP contribution >= 0.6 is 0 Å². The van der Waals surface area contributed by atoms with Crippen LogP contribution in [-0.4, -0.2) is 61.2 Å². The van der Waals surface area contributed by atoms with Gasteiger partial charge in [-0.3, -0.25) is 4.90 Å². The summed E-state index contributed by atoms with van der Waals surface area (Å²) in [5.74, 6) is 0.620. The van der Waals surface area contributed by atoms with Crippen LogP contribution < -0.4 is 0 Å². The Kier molecular flexibility index (Phi) is 5.01. The summed E-state index contributed by atoms with van der Waals surface area (Å²) in [7, 11) is 0. The number of morpholine rings is 1. The first-order valence-corrected chi connectivity index (χ1v) is 7.19. The number of aliphatic hydroxyl groups excluding tert-OH is 1. The van der Waals surface area contributed by atoms with Crippen molar-refractivity contribution in [1.82, 2.24) is 4.90 Å². The average molecular weight is 257 g/mol. The Labute approximate surface area is 110 Å². The van der Waals surface area contributed by atoms with Crippen LogP contribution in [0.5, 0.6) is 0 Å². The summed E-state index contributed by atoms with van der Waals surface area (Å²) < 4.78 is 10.8. The number of ether oxygens (including phenoxy) is 2. The summed E-state index contributed by atoms with van der Waals surface area (Å²) in [4.78, 5) is 2.36. The Hall–Kier alpha value is -0.160. The van der Waals surface area contributed by atoms with Gasteiger partial charge in [-0.15, -0.1) is 0 Å². The van der Waals surface area contributed by atoms with E-state index in [-0.39, 0.29) is 11.6 Å². The molecular weight excluding hydrogens is 230 g/mol. The molecule has 2 heterocycles. The standard InChI is InChI=1S/C14H27NO3/c1-14(2,15-5-9-18-10-6-15)13(16)11-12-3-7-17-8-4-12/h12-13,16H,3-11H2,1-2H3. The molecule has 0 radical (unpaired) electrons. The fourth-order valence-corrected chi connectivity index (χ4v) is 2.94. The molecule has 106 valence electrons. The summed E-state index contributed by atoms with van der Waals surface area (Å²) >= 11 is 0. The van der Waals surface area contributed by atoms with Crippen molar-refractivity contribution in [2.75, 3.05) is 39.5 Å². The third-order valence-corrected chi connectivity index (χ3v) is 4.54. The SMILES string of the molecule is CC(C)(C(O)CC1CCOCC1)N1CCOCC1. The molecule has 2 saturated heterocycles. The molecule has 1 unspecified atom stereocenters. The van der Waals surface area contributed by atoms with Crippen LogP contribution in [0.1, 0.15) is 33.1 Å². The lowest BCUT2D eigenvalue weighted by Gasteiger charge is -2.44. The normalized spacial score (nSPS) is 26.2. The van der Waals surface area contributed by atoms with Gasteiger partial charge in [-0.25, -0.2) is 0 Å². The van der Waals surface area contributed by atoms with Gasteiger partial charge < -0.3 is 14.6 Å². The van der Waals surface area contributed by atoms with E-state index in [9.17, 15) is 5.11 Å². The number of rotatable bonds is 4. The predicted octanol–water partition coefficient (Wildman–Crippen LogP) is 1.27. The quantitative estimate of drug-likeness (QED) is 0.823. The zero-order valence-corrected chi connectivity index (χ0v) is 11.7. The number of nitrogens with zero attached hydrogens (tertiary/aromatic N) is 1. The van der Waals surface area contributed by atoms with E-state index in [4.69, 9.17) is 9.47 Å². The smallest absolute Gasteiger partial charge is 0.0721 e. The highest BCUT2D eigenvalue weighted by atomic mass is 16.5. The minimum atomic E-state index is -0.265. The molecule has 0 aromatic heterocycles. The Bertz CT molecular complexity index is 245. The Balaban J connectivity index is 1.86. The lowest BCUT2D eigenvalue weighted by molar-refractivity contribution is -0.0724. The van der Waals surface area contributed by atoms with Gasteiger partial charge in [0.2, 0.25) is 0 Å². The van der Waals surface area contributed by atoms with Crippen molar-refractivity contribution in [2.24, 2.45) is 5.92 Å². The van der Waals surface area contributed by atoms with Crippen molar-refractivity contribution in [3.8, 4) is 0 Å². The highest BCUT2D eigenvalue weighted by molar-refractivity contribution is 4.91. The maximum absolute atomic E-state index is 10.6. The van der Waals surface area contributed by atoms with Gasteiger partial charge in [0.1, 0.15) is 0 Å². The Morgan fingerprint density at radius 2 is 1.67 bits per heavy atom. The molecule has 2 aliphatic rings. The molecule has 1 N–H and O–H groups in total. The van der Waals surface area contributed by atoms with E-state index in [1.165, 1.54) is 0 Å². The van der Waals surface area contributed by atoms with E-state index in [1.54, 1.807) is 0 Å². The summed E-state index contributed by atoms with van der Waals surface area (Å²) in [6.07, 6.45) is 2.82. The molecule has 0 aromatic carbocycles. The van der Waals surface area contributed by atoms with E-state index in [2.05, 4.69) is 18.7 Å². The molecular formula is C14H27NO3. The van der Waals surface area contributed by atoms with Crippen LogP contribution in [0, 0.1) is 5.92 Å². The molecule has 4 nitrogen and oxygen atoms in total. The molecule has 0 saturated carbocycles. The molecule has 0 bridgehead atoms. The molecule has 4 heteroatoms. The largest absolute Gasteiger partial charge is 0.391 e. The monoisotopic (exact) mass is 257 g/mol. The van der Waals surface area contributed by atoms with Gasteiger partial charge in [0, 0.05) is 31.8 Å². The molecule has 2 rings (SSSR count). The topological polar surface area (TPSA) is 41.9 Å². The zero-order chi connectivity index (χ0) is 13.0. The van der Waals surface area contributed by atoms with Gasteiger partial charge >= 0.3 is 0 Å². The van der Waals surface area contributed by atoms with Crippen LogP contribution in [0.25, 0.3) is 0 Å². The molecule has 0 amide bonds. The van der Waals surface area contributed by atoms with E-state index in [0.29, 0.717) is 5.92 Å². The first-order chi connectivity index (χ1) is 8.60. The van der Waals surface area contributed by atoms with Crippen LogP contribution in [0.2, 0.25) is 0 Å². The summed E-state index contributed by atoms with van der Waals surface area (Å²) in [5, 5.41) is 10.6. The van der Waals surface area contributed by atoms with Gasteiger partial charge in [0.15, 0.2) is 0 Å². The second-order valence-electron chi connectivity index (χ2n) is 6.06. The number of hydrogen-bond donors (Lipinski definition) is 1. The van der Waals surface area contributed by atoms with Crippen molar-refractivity contribution in [1.29, 1.82) is 0 Å². The van der Waals surface area contributed by atoms with E-state index in [0.717, 1.165) is 58.8 Å². The van der Waals surface area contributed by atoms with Crippen molar-refractivity contribution >= 4 is 0 Å². The van der Waals surface area contributed by atoms with Gasteiger partial charge in [-0.1, -0.05) is 0 Å². The minimum Gasteiger partial charge on any atom is -0.391 e. The molecule has 0 aliphatic carbocycles. The first-order valence-electron chi connectivity index (χ1n) is 7.19. The first kappa shape index (κ1) is 14.3. The molecule has 0 spiro atoms. The fourth-order valence-electron chi connectivity index (χ4n) is 2.94. The maximum Gasteiger partial charge on any atom is 0.0721 e. The Morgan fingerprint density at radius 3 is 2.28 bits per heavy atom. The molecule has 2 fully saturated rings. The highest BCUT2D eigenvalue weighted by Crippen LogP contribution is 2.28. The van der Waals surface area contributed by atoms with E-state index >= 15 is 0 Å². The second-order valence-corrected chi connectivity index (χ2v) is 6.06. The number of hydrogen-bond acceptors (Lipinski definition) is 4. The van der Waals surface area contributed by atoms with Crippen LogP contribution in [0.3, 0.4) is 0 Å². The fraction of sp³-hybridized carbons (Fsp3) is 1.00. The maximum atomic E-state index is 10.6. The molecule has 18 heavy (non-hydrogen) atoms. The molecule has 1 atom stereocenters. The summed E-state index contributed by atoms with van der Waals surface area (Å²) in [6.45, 7) is 9.45. The average Bonchev–Trinajstić information content (AvgIpc) is 2.41.